The van der Waals surface area contributed by atoms with Crippen LogP contribution in [0.2, 0.25) is 0 Å². The second kappa shape index (κ2) is 16.7. The maximum Gasteiger partial charge on any atom is 0.244 e. The van der Waals surface area contributed by atoms with E-state index in [2.05, 4.69) is 48.4 Å². The molecule has 0 aliphatic rings. The Hall–Kier alpha value is -2.88. The van der Waals surface area contributed by atoms with Crippen LogP contribution in [0.15, 0.2) is 67.0 Å². The van der Waals surface area contributed by atoms with Gasteiger partial charge in [-0.1, -0.05) is 69.4 Å². The third-order valence-corrected chi connectivity index (χ3v) is 6.02. The van der Waals surface area contributed by atoms with Gasteiger partial charge in [0, 0.05) is 24.5 Å². The van der Waals surface area contributed by atoms with Crippen LogP contribution in [0.1, 0.15) is 82.8 Å². The molecule has 1 N–H and O–H groups in total. The normalized spacial score (nSPS) is 12.6. The van der Waals surface area contributed by atoms with E-state index in [9.17, 15) is 4.79 Å². The molecule has 34 heavy (non-hydrogen) atoms. The van der Waals surface area contributed by atoms with Gasteiger partial charge in [-0.25, -0.2) is 0 Å². The summed E-state index contributed by atoms with van der Waals surface area (Å²) in [5.74, 6) is 0.831. The number of hydrogen-bond acceptors (Lipinski definition) is 3. The number of aromatic nitrogens is 1. The first-order valence-electron chi connectivity index (χ1n) is 12.8. The number of carbonyl (C=O) groups excluding carboxylic acids is 1. The van der Waals surface area contributed by atoms with Crippen molar-refractivity contribution in [1.82, 2.24) is 10.3 Å². The summed E-state index contributed by atoms with van der Waals surface area (Å²) < 4.78 is 5.26. The lowest BCUT2D eigenvalue weighted by atomic mass is 9.99. The van der Waals surface area contributed by atoms with Gasteiger partial charge in [0.25, 0.3) is 0 Å². The number of allylic oxidation sites excluding steroid dienone is 3. The van der Waals surface area contributed by atoms with Gasteiger partial charge in [0.1, 0.15) is 5.75 Å². The van der Waals surface area contributed by atoms with Gasteiger partial charge < -0.3 is 10.1 Å². The molecule has 0 bridgehead atoms. The van der Waals surface area contributed by atoms with Crippen LogP contribution in [-0.4, -0.2) is 24.0 Å². The molecule has 0 spiro atoms. The van der Waals surface area contributed by atoms with E-state index < -0.39 is 0 Å². The molecular formula is C30H42N2O2. The molecule has 2 rings (SSSR count). The van der Waals surface area contributed by atoms with Crippen molar-refractivity contribution in [2.45, 2.75) is 84.1 Å². The molecule has 1 atom stereocenters. The highest BCUT2D eigenvalue weighted by Gasteiger charge is 2.05. The fourth-order valence-corrected chi connectivity index (χ4v) is 3.97. The van der Waals surface area contributed by atoms with Crippen LogP contribution in [0, 0.1) is 0 Å². The SMILES string of the molecule is CCCC/C(=C\C=C\C(=O)N[C@H](C)CCCCCCCc1cccnc1)c1ccc(OC)cc1. The quantitative estimate of drug-likeness (QED) is 0.162. The molecule has 0 aliphatic carbocycles. The zero-order chi connectivity index (χ0) is 24.4. The summed E-state index contributed by atoms with van der Waals surface area (Å²) in [5, 5.41) is 3.10. The van der Waals surface area contributed by atoms with Crippen molar-refractivity contribution in [2.75, 3.05) is 7.11 Å². The Bertz CT molecular complexity index is 872. The molecule has 0 unspecified atom stereocenters. The number of rotatable bonds is 16. The van der Waals surface area contributed by atoms with Gasteiger partial charge in [0.15, 0.2) is 0 Å². The first-order chi connectivity index (χ1) is 16.6. The highest BCUT2D eigenvalue weighted by Crippen LogP contribution is 2.23. The number of nitrogens with zero attached hydrogens (tertiary/aromatic N) is 1. The van der Waals surface area contributed by atoms with Crippen LogP contribution >= 0.6 is 0 Å². The molecule has 1 aromatic carbocycles. The summed E-state index contributed by atoms with van der Waals surface area (Å²) in [6.45, 7) is 4.28. The molecule has 2 aromatic rings. The third-order valence-electron chi connectivity index (χ3n) is 6.02. The zero-order valence-electron chi connectivity index (χ0n) is 21.3. The highest BCUT2D eigenvalue weighted by molar-refractivity contribution is 5.88. The summed E-state index contributed by atoms with van der Waals surface area (Å²) in [6, 6.07) is 12.5. The van der Waals surface area contributed by atoms with Gasteiger partial charge in [0.05, 0.1) is 7.11 Å². The average molecular weight is 463 g/mol. The van der Waals surface area contributed by atoms with E-state index in [0.29, 0.717) is 0 Å². The van der Waals surface area contributed by atoms with E-state index in [1.165, 1.54) is 42.4 Å². The molecule has 1 heterocycles. The molecule has 0 saturated heterocycles. The lowest BCUT2D eigenvalue weighted by Crippen LogP contribution is -2.30. The minimum Gasteiger partial charge on any atom is -0.497 e. The Morgan fingerprint density at radius 2 is 1.82 bits per heavy atom. The van der Waals surface area contributed by atoms with Gasteiger partial charge >= 0.3 is 0 Å². The summed E-state index contributed by atoms with van der Waals surface area (Å²) in [5.41, 5.74) is 3.74. The number of benzene rings is 1. The Morgan fingerprint density at radius 1 is 1.06 bits per heavy atom. The van der Waals surface area contributed by atoms with E-state index in [4.69, 9.17) is 4.74 Å². The van der Waals surface area contributed by atoms with Crippen molar-refractivity contribution in [3.05, 3.63) is 78.1 Å². The predicted octanol–water partition coefficient (Wildman–Crippen LogP) is 7.31. The first kappa shape index (κ1) is 27.4. The first-order valence-corrected chi connectivity index (χ1v) is 12.8. The molecule has 0 radical (unpaired) electrons. The number of carbonyl (C=O) groups is 1. The van der Waals surface area contributed by atoms with E-state index in [-0.39, 0.29) is 11.9 Å². The van der Waals surface area contributed by atoms with Gasteiger partial charge in [-0.2, -0.15) is 0 Å². The molecule has 1 aromatic heterocycles. The molecular weight excluding hydrogens is 420 g/mol. The molecule has 0 aliphatic heterocycles. The summed E-state index contributed by atoms with van der Waals surface area (Å²) in [7, 11) is 1.68. The van der Waals surface area contributed by atoms with E-state index >= 15 is 0 Å². The van der Waals surface area contributed by atoms with Crippen molar-refractivity contribution < 1.29 is 9.53 Å². The van der Waals surface area contributed by atoms with Gasteiger partial charge in [-0.3, -0.25) is 9.78 Å². The number of nitrogens with one attached hydrogen (secondary N) is 1. The average Bonchev–Trinajstić information content (AvgIpc) is 2.86. The standard InChI is InChI=1S/C30H42N2O2/c1-4-5-16-27(28-19-21-29(34-3)22-20-28)17-11-18-30(33)32-25(2)13-9-7-6-8-10-14-26-15-12-23-31-24-26/h11-12,15,17-25H,4-10,13-14,16H2,1-3H3,(H,32,33)/b18-11+,27-17+/t25-/m1/s1. The highest BCUT2D eigenvalue weighted by atomic mass is 16.5. The second-order valence-electron chi connectivity index (χ2n) is 8.96. The van der Waals surface area contributed by atoms with E-state index in [0.717, 1.165) is 44.3 Å². The Labute approximate surface area is 206 Å². The van der Waals surface area contributed by atoms with Crippen LogP contribution in [0.4, 0.5) is 0 Å². The lowest BCUT2D eigenvalue weighted by molar-refractivity contribution is -0.117. The van der Waals surface area contributed by atoms with Gasteiger partial charge in [0.2, 0.25) is 5.91 Å². The minimum atomic E-state index is -0.0233. The van der Waals surface area contributed by atoms with Crippen molar-refractivity contribution in [3.8, 4) is 5.75 Å². The Morgan fingerprint density at radius 3 is 2.53 bits per heavy atom. The largest absolute Gasteiger partial charge is 0.497 e. The van der Waals surface area contributed by atoms with Crippen LogP contribution in [-0.2, 0) is 11.2 Å². The van der Waals surface area contributed by atoms with Crippen molar-refractivity contribution >= 4 is 11.5 Å². The second-order valence-corrected chi connectivity index (χ2v) is 8.96. The van der Waals surface area contributed by atoms with Gasteiger partial charge in [-0.15, -0.1) is 0 Å². The van der Waals surface area contributed by atoms with Gasteiger partial charge in [-0.05, 0) is 73.9 Å². The topological polar surface area (TPSA) is 51.2 Å². The third kappa shape index (κ3) is 11.3. The van der Waals surface area contributed by atoms with Crippen LogP contribution in [0.25, 0.3) is 5.57 Å². The lowest BCUT2D eigenvalue weighted by Gasteiger charge is -2.12. The fourth-order valence-electron chi connectivity index (χ4n) is 3.97. The minimum absolute atomic E-state index is 0.0233. The van der Waals surface area contributed by atoms with Crippen molar-refractivity contribution in [1.29, 1.82) is 0 Å². The molecule has 0 saturated carbocycles. The number of pyridine rings is 1. The van der Waals surface area contributed by atoms with E-state index in [1.54, 1.807) is 13.2 Å². The van der Waals surface area contributed by atoms with Crippen LogP contribution in [0.3, 0.4) is 0 Å². The van der Waals surface area contributed by atoms with Crippen LogP contribution in [0.5, 0.6) is 5.75 Å². The van der Waals surface area contributed by atoms with Crippen LogP contribution < -0.4 is 10.1 Å². The summed E-state index contributed by atoms with van der Waals surface area (Å²) in [6.07, 6.45) is 20.8. The maximum absolute atomic E-state index is 12.3. The van der Waals surface area contributed by atoms with Crippen molar-refractivity contribution in [2.24, 2.45) is 0 Å². The summed E-state index contributed by atoms with van der Waals surface area (Å²) in [4.78, 5) is 16.5. The molecule has 184 valence electrons. The molecule has 4 nitrogen and oxygen atoms in total. The zero-order valence-corrected chi connectivity index (χ0v) is 21.3. The number of hydrogen-bond donors (Lipinski definition) is 1. The number of unbranched alkanes of at least 4 members (excludes halogenated alkanes) is 5. The molecule has 1 amide bonds. The summed E-state index contributed by atoms with van der Waals surface area (Å²) >= 11 is 0. The Kier molecular flexibility index (Phi) is 13.4. The number of methoxy groups -OCH3 is 1. The smallest absolute Gasteiger partial charge is 0.244 e. The number of aryl methyl sites for hydroxylation is 1. The number of amides is 1. The number of ether oxygens (including phenoxy) is 1. The van der Waals surface area contributed by atoms with E-state index in [1.807, 2.05) is 36.7 Å². The molecule has 0 fully saturated rings. The fraction of sp³-hybridized carbons (Fsp3) is 0.467. The molecule has 4 heteroatoms. The maximum atomic E-state index is 12.3. The monoisotopic (exact) mass is 462 g/mol. The Balaban J connectivity index is 1.67. The predicted molar refractivity (Wildman–Crippen MR) is 143 cm³/mol. The van der Waals surface area contributed by atoms with Crippen molar-refractivity contribution in [3.63, 3.8) is 0 Å².